The fourth-order valence-corrected chi connectivity index (χ4v) is 4.03. The number of hydrogen-bond acceptors (Lipinski definition) is 6. The second kappa shape index (κ2) is 7.03. The fraction of sp³-hybridized carbons (Fsp3) is 0.133. The van der Waals surface area contributed by atoms with Gasteiger partial charge in [-0.2, -0.15) is 8.42 Å². The molecule has 25 heavy (non-hydrogen) atoms. The fourth-order valence-electron chi connectivity index (χ4n) is 1.87. The molecule has 7 nitrogen and oxygen atoms in total. The van der Waals surface area contributed by atoms with Crippen molar-refractivity contribution in [3.05, 3.63) is 47.5 Å². The molecule has 0 saturated heterocycles. The van der Waals surface area contributed by atoms with E-state index in [9.17, 15) is 21.6 Å². The van der Waals surface area contributed by atoms with Crippen molar-refractivity contribution in [2.24, 2.45) is 0 Å². The smallest absolute Gasteiger partial charge is 0.340 e. The van der Waals surface area contributed by atoms with Crippen LogP contribution in [0.2, 0.25) is 5.02 Å². The number of carbonyl (C=O) groups is 1. The molecule has 0 atom stereocenters. The van der Waals surface area contributed by atoms with Crippen LogP contribution in [-0.4, -0.2) is 29.0 Å². The number of amides is 1. The van der Waals surface area contributed by atoms with Gasteiger partial charge in [0, 0.05) is 18.9 Å². The average Bonchev–Trinajstić information content (AvgIpc) is 2.47. The van der Waals surface area contributed by atoms with Gasteiger partial charge >= 0.3 is 10.1 Å². The number of nitrogens with one attached hydrogen (secondary N) is 1. The zero-order valence-corrected chi connectivity index (χ0v) is 15.6. The quantitative estimate of drug-likeness (QED) is 0.768. The summed E-state index contributed by atoms with van der Waals surface area (Å²) < 4.78 is 53.0. The van der Waals surface area contributed by atoms with E-state index in [0.29, 0.717) is 5.69 Å². The molecule has 2 rings (SSSR count). The van der Waals surface area contributed by atoms with E-state index in [1.807, 2.05) is 0 Å². The van der Waals surface area contributed by atoms with E-state index in [4.69, 9.17) is 15.8 Å². The van der Waals surface area contributed by atoms with Crippen LogP contribution in [-0.2, 0) is 24.7 Å². The highest BCUT2D eigenvalue weighted by Crippen LogP contribution is 2.28. The molecule has 2 aromatic carbocycles. The molecule has 0 aliphatic heterocycles. The van der Waals surface area contributed by atoms with Crippen molar-refractivity contribution < 1.29 is 25.8 Å². The molecule has 2 aromatic rings. The Balaban J connectivity index is 2.35. The van der Waals surface area contributed by atoms with Gasteiger partial charge in [0.15, 0.2) is 9.84 Å². The van der Waals surface area contributed by atoms with Gasteiger partial charge in [-0.1, -0.05) is 11.6 Å². The third-order valence-corrected chi connectivity index (χ3v) is 5.82. The van der Waals surface area contributed by atoms with Crippen molar-refractivity contribution in [3.8, 4) is 5.75 Å². The molecule has 0 bridgehead atoms. The van der Waals surface area contributed by atoms with Gasteiger partial charge < -0.3 is 9.50 Å². The van der Waals surface area contributed by atoms with E-state index >= 15 is 0 Å². The normalized spacial score (nSPS) is 11.8. The Kier molecular flexibility index (Phi) is 5.40. The molecule has 0 heterocycles. The maximum Gasteiger partial charge on any atom is 0.340 e. The van der Waals surface area contributed by atoms with Crippen LogP contribution in [0.25, 0.3) is 0 Å². The second-order valence-corrected chi connectivity index (χ2v) is 9.05. The Morgan fingerprint density at radius 1 is 1.04 bits per heavy atom. The predicted molar refractivity (Wildman–Crippen MR) is 93.1 cm³/mol. The molecule has 0 spiro atoms. The number of rotatable bonds is 5. The minimum atomic E-state index is -4.35. The molecular weight excluding hydrogens is 390 g/mol. The lowest BCUT2D eigenvalue weighted by Gasteiger charge is -2.10. The SMILES string of the molecule is CC(=O)Nc1ccc(OS(=O)(=O)c2cc(S(C)(=O)=O)ccc2Cl)cc1. The van der Waals surface area contributed by atoms with Gasteiger partial charge in [0.05, 0.1) is 9.92 Å². The molecular formula is C15H14ClNO6S2. The number of carbonyl (C=O) groups excluding carboxylic acids is 1. The second-order valence-electron chi connectivity index (χ2n) is 5.11. The van der Waals surface area contributed by atoms with Gasteiger partial charge in [-0.3, -0.25) is 4.79 Å². The molecule has 0 radical (unpaired) electrons. The van der Waals surface area contributed by atoms with Crippen LogP contribution in [0.5, 0.6) is 5.75 Å². The molecule has 0 fully saturated rings. The van der Waals surface area contributed by atoms with Crippen molar-refractivity contribution >= 4 is 43.2 Å². The number of hydrogen-bond donors (Lipinski definition) is 1. The Hall–Kier alpha value is -2.10. The lowest BCUT2D eigenvalue weighted by molar-refractivity contribution is -0.114. The van der Waals surface area contributed by atoms with Gasteiger partial charge in [-0.15, -0.1) is 0 Å². The minimum absolute atomic E-state index is 0.0186. The van der Waals surface area contributed by atoms with Crippen molar-refractivity contribution in [1.82, 2.24) is 0 Å². The molecule has 0 unspecified atom stereocenters. The summed E-state index contributed by atoms with van der Waals surface area (Å²) in [5, 5.41) is 2.36. The Morgan fingerprint density at radius 3 is 2.16 bits per heavy atom. The molecule has 1 amide bonds. The standard InChI is InChI=1S/C15H14ClNO6S2/c1-10(18)17-11-3-5-12(6-4-11)23-25(21,22)15-9-13(24(2,19)20)7-8-14(15)16/h3-9H,1-2H3,(H,17,18). The van der Waals surface area contributed by atoms with Gasteiger partial charge in [0.2, 0.25) is 5.91 Å². The van der Waals surface area contributed by atoms with Crippen molar-refractivity contribution in [2.75, 3.05) is 11.6 Å². The van der Waals surface area contributed by atoms with Gasteiger partial charge in [0.25, 0.3) is 0 Å². The maximum atomic E-state index is 12.4. The summed E-state index contributed by atoms with van der Waals surface area (Å²) in [6, 6.07) is 8.93. The van der Waals surface area contributed by atoms with E-state index in [1.54, 1.807) is 0 Å². The largest absolute Gasteiger partial charge is 0.379 e. The van der Waals surface area contributed by atoms with Crippen LogP contribution in [0.3, 0.4) is 0 Å². The van der Waals surface area contributed by atoms with Crippen molar-refractivity contribution in [3.63, 3.8) is 0 Å². The monoisotopic (exact) mass is 403 g/mol. The number of benzene rings is 2. The third-order valence-electron chi connectivity index (χ3n) is 2.98. The molecule has 0 saturated carbocycles. The highest BCUT2D eigenvalue weighted by Gasteiger charge is 2.23. The molecule has 10 heteroatoms. The summed E-state index contributed by atoms with van der Waals surface area (Å²) in [5.41, 5.74) is 0.467. The predicted octanol–water partition coefficient (Wildman–Crippen LogP) is 2.47. The lowest BCUT2D eigenvalue weighted by Crippen LogP contribution is -2.12. The number of anilines is 1. The van der Waals surface area contributed by atoms with E-state index in [-0.39, 0.29) is 21.6 Å². The van der Waals surface area contributed by atoms with Crippen LogP contribution in [0.4, 0.5) is 5.69 Å². The number of sulfone groups is 1. The first-order valence-corrected chi connectivity index (χ1v) is 10.5. The maximum absolute atomic E-state index is 12.4. The minimum Gasteiger partial charge on any atom is -0.379 e. The molecule has 0 aliphatic rings. The highest BCUT2D eigenvalue weighted by molar-refractivity contribution is 7.90. The van der Waals surface area contributed by atoms with E-state index in [2.05, 4.69) is 5.32 Å². The Labute approximate surface area is 150 Å². The third kappa shape index (κ3) is 4.94. The summed E-state index contributed by atoms with van der Waals surface area (Å²) in [5.74, 6) is -0.291. The summed E-state index contributed by atoms with van der Waals surface area (Å²) >= 11 is 5.88. The first kappa shape index (κ1) is 19.2. The van der Waals surface area contributed by atoms with Crippen LogP contribution in [0.15, 0.2) is 52.3 Å². The zero-order valence-electron chi connectivity index (χ0n) is 13.2. The topological polar surface area (TPSA) is 107 Å². The molecule has 0 aromatic heterocycles. The van der Waals surface area contributed by atoms with Gasteiger partial charge in [-0.25, -0.2) is 8.42 Å². The Morgan fingerprint density at radius 2 is 1.64 bits per heavy atom. The summed E-state index contributed by atoms with van der Waals surface area (Å²) in [6.07, 6.45) is 0.953. The van der Waals surface area contributed by atoms with E-state index < -0.39 is 24.9 Å². The van der Waals surface area contributed by atoms with Crippen LogP contribution < -0.4 is 9.50 Å². The van der Waals surface area contributed by atoms with Crippen LogP contribution in [0.1, 0.15) is 6.92 Å². The highest BCUT2D eigenvalue weighted by atomic mass is 35.5. The summed E-state index contributed by atoms with van der Waals surface area (Å²) in [6.45, 7) is 1.34. The Bertz CT molecular complexity index is 1010. The zero-order chi connectivity index (χ0) is 18.8. The van der Waals surface area contributed by atoms with Gasteiger partial charge in [0.1, 0.15) is 10.6 Å². The van der Waals surface area contributed by atoms with Crippen molar-refractivity contribution in [1.29, 1.82) is 0 Å². The first-order valence-electron chi connectivity index (χ1n) is 6.81. The average molecular weight is 404 g/mol. The molecule has 0 aliphatic carbocycles. The van der Waals surface area contributed by atoms with Crippen molar-refractivity contribution in [2.45, 2.75) is 16.7 Å². The lowest BCUT2D eigenvalue weighted by atomic mass is 10.3. The van der Waals surface area contributed by atoms with Crippen LogP contribution >= 0.6 is 11.6 Å². The van der Waals surface area contributed by atoms with E-state index in [0.717, 1.165) is 12.3 Å². The van der Waals surface area contributed by atoms with Crippen LogP contribution in [0, 0.1) is 0 Å². The van der Waals surface area contributed by atoms with Gasteiger partial charge in [-0.05, 0) is 42.5 Å². The first-order chi connectivity index (χ1) is 11.5. The summed E-state index contributed by atoms with van der Waals surface area (Å²) in [4.78, 5) is 10.3. The van der Waals surface area contributed by atoms with E-state index in [1.165, 1.54) is 43.3 Å². The molecule has 1 N–H and O–H groups in total. The number of halogens is 1. The molecule has 134 valence electrons. The summed E-state index contributed by atoms with van der Waals surface area (Å²) in [7, 11) is -7.96.